The second-order valence-electron chi connectivity index (χ2n) is 2.25. The lowest BCUT2D eigenvalue weighted by atomic mass is 10.6. The molecule has 1 rings (SSSR count). The van der Waals surface area contributed by atoms with Crippen molar-refractivity contribution in [3.63, 3.8) is 0 Å². The van der Waals surface area contributed by atoms with Gasteiger partial charge in [-0.1, -0.05) is 4.68 Å². The Labute approximate surface area is 70.4 Å². The molecule has 0 aliphatic rings. The van der Waals surface area contributed by atoms with E-state index in [9.17, 15) is 8.42 Å². The van der Waals surface area contributed by atoms with Crippen LogP contribution in [0.5, 0.6) is 0 Å². The maximum absolute atomic E-state index is 10.3. The maximum atomic E-state index is 10.3. The molecule has 0 fully saturated rings. The number of hydrogen-bond acceptors (Lipinski definition) is 3. The van der Waals surface area contributed by atoms with E-state index in [-0.39, 0.29) is 12.3 Å². The van der Waals surface area contributed by atoms with E-state index in [1.54, 1.807) is 24.5 Å². The van der Waals surface area contributed by atoms with Gasteiger partial charge in [-0.2, -0.15) is 8.42 Å². The molecule has 0 spiro atoms. The first kappa shape index (κ1) is 9.08. The van der Waals surface area contributed by atoms with Crippen LogP contribution in [-0.2, 0) is 16.7 Å². The Kier molecular flexibility index (Phi) is 2.72. The summed E-state index contributed by atoms with van der Waals surface area (Å²) in [7, 11) is -3.88. The van der Waals surface area contributed by atoms with Crippen molar-refractivity contribution < 1.29 is 17.7 Å². The van der Waals surface area contributed by atoms with Gasteiger partial charge >= 0.3 is 0 Å². The van der Waals surface area contributed by atoms with E-state index in [1.165, 1.54) is 4.68 Å². The van der Waals surface area contributed by atoms with Crippen LogP contribution in [0, 0.1) is 0 Å². The first-order valence-electron chi connectivity index (χ1n) is 3.34. The molecule has 0 saturated carbocycles. The van der Waals surface area contributed by atoms with Crippen molar-refractivity contribution in [1.82, 2.24) is 5.10 Å². The molecular formula is C6H9N2O3S+. The average Bonchev–Trinajstić information content (AvgIpc) is 2.02. The van der Waals surface area contributed by atoms with Crippen molar-refractivity contribution >= 4 is 10.1 Å². The van der Waals surface area contributed by atoms with Crippen LogP contribution in [0.3, 0.4) is 0 Å². The summed E-state index contributed by atoms with van der Waals surface area (Å²) in [5.41, 5.74) is 0. The van der Waals surface area contributed by atoms with Gasteiger partial charge in [-0.05, 0) is 11.2 Å². The second kappa shape index (κ2) is 3.59. The third-order valence-corrected chi connectivity index (χ3v) is 1.95. The summed E-state index contributed by atoms with van der Waals surface area (Å²) in [4.78, 5) is 0. The summed E-state index contributed by atoms with van der Waals surface area (Å²) < 4.78 is 30.5. The highest BCUT2D eigenvalue weighted by atomic mass is 32.2. The Morgan fingerprint density at radius 2 is 2.17 bits per heavy atom. The van der Waals surface area contributed by atoms with Crippen LogP contribution in [0.1, 0.15) is 0 Å². The molecule has 12 heavy (non-hydrogen) atoms. The highest BCUT2D eigenvalue weighted by molar-refractivity contribution is 7.85. The van der Waals surface area contributed by atoms with Gasteiger partial charge in [0.2, 0.25) is 0 Å². The minimum atomic E-state index is -3.88. The lowest BCUT2D eigenvalue weighted by Gasteiger charge is -1.90. The van der Waals surface area contributed by atoms with Crippen LogP contribution in [0.4, 0.5) is 0 Å². The molecule has 0 aliphatic carbocycles. The second-order valence-corrected chi connectivity index (χ2v) is 3.82. The largest absolute Gasteiger partial charge is 0.285 e. The molecule has 1 N–H and O–H groups in total. The minimum absolute atomic E-state index is 0.166. The average molecular weight is 189 g/mol. The smallest absolute Gasteiger partial charge is 0.271 e. The van der Waals surface area contributed by atoms with Gasteiger partial charge < -0.3 is 0 Å². The van der Waals surface area contributed by atoms with E-state index in [0.29, 0.717) is 0 Å². The van der Waals surface area contributed by atoms with Crippen molar-refractivity contribution in [1.29, 1.82) is 0 Å². The molecular weight excluding hydrogens is 180 g/mol. The molecule has 0 unspecified atom stereocenters. The van der Waals surface area contributed by atoms with E-state index in [1.807, 2.05) is 0 Å². The Morgan fingerprint density at radius 1 is 1.42 bits per heavy atom. The summed E-state index contributed by atoms with van der Waals surface area (Å²) in [6.45, 7) is 0.166. The van der Waals surface area contributed by atoms with Gasteiger partial charge in [-0.3, -0.25) is 4.55 Å². The third kappa shape index (κ3) is 3.40. The van der Waals surface area contributed by atoms with Gasteiger partial charge in [-0.15, -0.1) is 0 Å². The Balaban J connectivity index is 2.56. The normalized spacial score (nSPS) is 11.4. The van der Waals surface area contributed by atoms with Crippen molar-refractivity contribution in [2.24, 2.45) is 0 Å². The predicted molar refractivity (Wildman–Crippen MR) is 40.8 cm³/mol. The molecule has 1 heterocycles. The number of aromatic nitrogens is 2. The summed E-state index contributed by atoms with van der Waals surface area (Å²) in [6, 6.07) is 3.46. The van der Waals surface area contributed by atoms with Crippen LogP contribution >= 0.6 is 0 Å². The first-order chi connectivity index (χ1) is 5.58. The quantitative estimate of drug-likeness (QED) is 0.502. The van der Waals surface area contributed by atoms with Gasteiger partial charge in [0.05, 0.1) is 6.20 Å². The summed E-state index contributed by atoms with van der Waals surface area (Å²) in [6.07, 6.45) is 3.18. The lowest BCUT2D eigenvalue weighted by Crippen LogP contribution is -2.40. The zero-order valence-electron chi connectivity index (χ0n) is 6.29. The van der Waals surface area contributed by atoms with Gasteiger partial charge in [0.1, 0.15) is 5.75 Å². The molecule has 0 saturated heterocycles. The molecule has 5 nitrogen and oxygen atoms in total. The van der Waals surface area contributed by atoms with E-state index < -0.39 is 10.1 Å². The SMILES string of the molecule is O=S(=O)(O)CC[n+]1ccccn1. The van der Waals surface area contributed by atoms with E-state index in [4.69, 9.17) is 4.55 Å². The number of aryl methyl sites for hydroxylation is 1. The highest BCUT2D eigenvalue weighted by Gasteiger charge is 2.09. The lowest BCUT2D eigenvalue weighted by molar-refractivity contribution is -0.750. The molecule has 0 bridgehead atoms. The van der Waals surface area contributed by atoms with Crippen molar-refractivity contribution in [3.8, 4) is 0 Å². The first-order valence-corrected chi connectivity index (χ1v) is 4.95. The molecule has 0 aromatic carbocycles. The van der Waals surface area contributed by atoms with Gasteiger partial charge in [0, 0.05) is 6.07 Å². The van der Waals surface area contributed by atoms with E-state index >= 15 is 0 Å². The summed E-state index contributed by atoms with van der Waals surface area (Å²) >= 11 is 0. The fourth-order valence-corrected chi connectivity index (χ4v) is 1.12. The number of hydrogen-bond donors (Lipinski definition) is 1. The molecule has 0 aliphatic heterocycles. The van der Waals surface area contributed by atoms with Crippen molar-refractivity contribution in [2.75, 3.05) is 5.75 Å². The minimum Gasteiger partial charge on any atom is -0.285 e. The van der Waals surface area contributed by atoms with E-state index in [0.717, 1.165) is 0 Å². The maximum Gasteiger partial charge on any atom is 0.271 e. The summed E-state index contributed by atoms with van der Waals surface area (Å²) in [5, 5.41) is 3.82. The molecule has 1 aromatic rings. The molecule has 6 heteroatoms. The molecule has 66 valence electrons. The summed E-state index contributed by atoms with van der Waals surface area (Å²) in [5.74, 6) is -0.311. The molecule has 0 atom stereocenters. The Hall–Kier alpha value is -1.01. The highest BCUT2D eigenvalue weighted by Crippen LogP contribution is 1.80. The van der Waals surface area contributed by atoms with Crippen LogP contribution < -0.4 is 4.68 Å². The molecule has 1 aromatic heterocycles. The third-order valence-electron chi connectivity index (χ3n) is 1.25. The Bertz CT molecular complexity index is 335. The number of rotatable bonds is 3. The van der Waals surface area contributed by atoms with Gasteiger partial charge in [-0.25, -0.2) is 0 Å². The molecule has 0 radical (unpaired) electrons. The zero-order chi connectivity index (χ0) is 9.03. The van der Waals surface area contributed by atoms with Crippen molar-refractivity contribution in [3.05, 3.63) is 24.5 Å². The Morgan fingerprint density at radius 3 is 2.67 bits per heavy atom. The van der Waals surface area contributed by atoms with Crippen molar-refractivity contribution in [2.45, 2.75) is 6.54 Å². The zero-order valence-corrected chi connectivity index (χ0v) is 7.11. The predicted octanol–water partition coefficient (Wildman–Crippen LogP) is -0.743. The van der Waals surface area contributed by atoms with Crippen LogP contribution in [0.25, 0.3) is 0 Å². The fourth-order valence-electron chi connectivity index (χ4n) is 0.702. The van der Waals surface area contributed by atoms with Gasteiger partial charge in [0.25, 0.3) is 10.1 Å². The van der Waals surface area contributed by atoms with Gasteiger partial charge in [0.15, 0.2) is 12.7 Å². The monoisotopic (exact) mass is 189 g/mol. The fraction of sp³-hybridized carbons (Fsp3) is 0.333. The standard InChI is InChI=1S/C6H8N2O3S/c9-12(10,11)6-5-8-4-2-1-3-7-8/h1-4H,5-6H2/p+1. The van der Waals surface area contributed by atoms with E-state index in [2.05, 4.69) is 5.10 Å². The van der Waals surface area contributed by atoms with Crippen LogP contribution in [0.2, 0.25) is 0 Å². The van der Waals surface area contributed by atoms with Crippen LogP contribution in [-0.4, -0.2) is 23.8 Å². The topological polar surface area (TPSA) is 71.1 Å². The van der Waals surface area contributed by atoms with Crippen LogP contribution in [0.15, 0.2) is 24.5 Å². The number of nitrogens with zero attached hydrogens (tertiary/aromatic N) is 2. The molecule has 0 amide bonds.